The molecule has 0 rings (SSSR count). The summed E-state index contributed by atoms with van der Waals surface area (Å²) in [5, 5.41) is 19.2. The Bertz CT molecular complexity index is 91.8. The maximum Gasteiger partial charge on any atom is 0.0900 e. The average Bonchev–Trinajstić information content (AvgIpc) is 1.88. The molecular weight excluding hydrogens is 128 g/mol. The van der Waals surface area contributed by atoms with E-state index in [1.54, 1.807) is 13.8 Å². The van der Waals surface area contributed by atoms with Gasteiger partial charge in [-0.1, -0.05) is 13.8 Å². The minimum atomic E-state index is -0.957. The lowest BCUT2D eigenvalue weighted by molar-refractivity contribution is -0.133. The van der Waals surface area contributed by atoms with E-state index in [1.807, 2.05) is 13.8 Å². The van der Waals surface area contributed by atoms with Crippen molar-refractivity contribution in [3.05, 3.63) is 0 Å². The Morgan fingerprint density at radius 1 is 0.900 bits per heavy atom. The Labute approximate surface area is 62.9 Å². The van der Waals surface area contributed by atoms with Gasteiger partial charge in [-0.3, -0.25) is 0 Å². The van der Waals surface area contributed by atoms with Gasteiger partial charge in [0.25, 0.3) is 0 Å². The van der Waals surface area contributed by atoms with Gasteiger partial charge in [0.1, 0.15) is 0 Å². The topological polar surface area (TPSA) is 40.5 Å². The predicted octanol–water partition coefficient (Wildman–Crippen LogP) is 1.31. The van der Waals surface area contributed by atoms with Crippen molar-refractivity contribution in [2.75, 3.05) is 0 Å². The quantitative estimate of drug-likeness (QED) is 0.630. The molecule has 2 N–H and O–H groups in total. The summed E-state index contributed by atoms with van der Waals surface area (Å²) in [5.41, 5.74) is -1.91. The summed E-state index contributed by atoms with van der Waals surface area (Å²) in [5.74, 6) is 0. The SMILES string of the molecule is CCC(C)(O)C(C)(O)CC. The molecule has 2 atom stereocenters. The smallest absolute Gasteiger partial charge is 0.0900 e. The van der Waals surface area contributed by atoms with Gasteiger partial charge in [0, 0.05) is 0 Å². The van der Waals surface area contributed by atoms with Crippen molar-refractivity contribution in [1.82, 2.24) is 0 Å². The molecule has 10 heavy (non-hydrogen) atoms. The molecule has 0 heterocycles. The first-order valence-electron chi connectivity index (χ1n) is 3.82. The van der Waals surface area contributed by atoms with Gasteiger partial charge in [0.2, 0.25) is 0 Å². The highest BCUT2D eigenvalue weighted by Crippen LogP contribution is 2.27. The van der Waals surface area contributed by atoms with Crippen LogP contribution in [0.1, 0.15) is 40.5 Å². The van der Waals surface area contributed by atoms with E-state index < -0.39 is 11.2 Å². The molecule has 0 aliphatic rings. The van der Waals surface area contributed by atoms with Crippen LogP contribution in [0.25, 0.3) is 0 Å². The first-order chi connectivity index (χ1) is 4.37. The van der Waals surface area contributed by atoms with Gasteiger partial charge in [-0.15, -0.1) is 0 Å². The first-order valence-corrected chi connectivity index (χ1v) is 3.82. The van der Waals surface area contributed by atoms with Crippen LogP contribution in [0.2, 0.25) is 0 Å². The van der Waals surface area contributed by atoms with Crippen molar-refractivity contribution in [2.24, 2.45) is 0 Å². The summed E-state index contributed by atoms with van der Waals surface area (Å²) >= 11 is 0. The van der Waals surface area contributed by atoms with Crippen LogP contribution in [0.15, 0.2) is 0 Å². The molecule has 0 aromatic rings. The fourth-order valence-corrected chi connectivity index (χ4v) is 0.762. The fourth-order valence-electron chi connectivity index (χ4n) is 0.762. The molecule has 0 radical (unpaired) electrons. The normalized spacial score (nSPS) is 23.4. The highest BCUT2D eigenvalue weighted by Gasteiger charge is 2.38. The molecule has 0 saturated heterocycles. The van der Waals surface area contributed by atoms with Crippen LogP contribution in [-0.4, -0.2) is 21.4 Å². The van der Waals surface area contributed by atoms with Crippen molar-refractivity contribution in [2.45, 2.75) is 51.7 Å². The van der Waals surface area contributed by atoms with E-state index in [9.17, 15) is 10.2 Å². The van der Waals surface area contributed by atoms with E-state index in [1.165, 1.54) is 0 Å². The summed E-state index contributed by atoms with van der Waals surface area (Å²) in [7, 11) is 0. The van der Waals surface area contributed by atoms with E-state index in [2.05, 4.69) is 0 Å². The second kappa shape index (κ2) is 2.89. The van der Waals surface area contributed by atoms with E-state index in [0.717, 1.165) is 0 Å². The third-order valence-corrected chi connectivity index (χ3v) is 2.54. The van der Waals surface area contributed by atoms with Gasteiger partial charge in [0.05, 0.1) is 11.2 Å². The monoisotopic (exact) mass is 146 g/mol. The Balaban J connectivity index is 4.28. The van der Waals surface area contributed by atoms with Gasteiger partial charge in [-0.2, -0.15) is 0 Å². The molecule has 0 aromatic carbocycles. The zero-order valence-electron chi connectivity index (χ0n) is 7.31. The van der Waals surface area contributed by atoms with Crippen LogP contribution in [0.4, 0.5) is 0 Å². The van der Waals surface area contributed by atoms with E-state index >= 15 is 0 Å². The van der Waals surface area contributed by atoms with Crippen LogP contribution >= 0.6 is 0 Å². The second-order valence-electron chi connectivity index (χ2n) is 3.25. The predicted molar refractivity (Wildman–Crippen MR) is 41.8 cm³/mol. The number of hydrogen-bond donors (Lipinski definition) is 2. The Morgan fingerprint density at radius 2 is 1.10 bits per heavy atom. The molecule has 0 aromatic heterocycles. The van der Waals surface area contributed by atoms with Gasteiger partial charge >= 0.3 is 0 Å². The Kier molecular flexibility index (Phi) is 2.86. The molecule has 0 spiro atoms. The summed E-state index contributed by atoms with van der Waals surface area (Å²) in [6.07, 6.45) is 1.15. The van der Waals surface area contributed by atoms with Crippen molar-refractivity contribution in [3.63, 3.8) is 0 Å². The van der Waals surface area contributed by atoms with Gasteiger partial charge < -0.3 is 10.2 Å². The second-order valence-corrected chi connectivity index (χ2v) is 3.25. The maximum atomic E-state index is 9.60. The van der Waals surface area contributed by atoms with Crippen molar-refractivity contribution < 1.29 is 10.2 Å². The fraction of sp³-hybridized carbons (Fsp3) is 1.00. The van der Waals surface area contributed by atoms with Gasteiger partial charge in [0.15, 0.2) is 0 Å². The molecule has 0 amide bonds. The lowest BCUT2D eigenvalue weighted by Crippen LogP contribution is -2.48. The minimum Gasteiger partial charge on any atom is -0.387 e. The van der Waals surface area contributed by atoms with Crippen molar-refractivity contribution >= 4 is 0 Å². The molecule has 0 aliphatic carbocycles. The maximum absolute atomic E-state index is 9.60. The molecule has 62 valence electrons. The van der Waals surface area contributed by atoms with Crippen LogP contribution in [0, 0.1) is 0 Å². The standard InChI is InChI=1S/C8H18O2/c1-5-7(3,9)8(4,10)6-2/h9-10H,5-6H2,1-4H3. The number of rotatable bonds is 3. The molecular formula is C8H18O2. The average molecular weight is 146 g/mol. The largest absolute Gasteiger partial charge is 0.387 e. The van der Waals surface area contributed by atoms with Crippen LogP contribution in [-0.2, 0) is 0 Å². The molecule has 2 heteroatoms. The Hall–Kier alpha value is -0.0800. The summed E-state index contributed by atoms with van der Waals surface area (Å²) < 4.78 is 0. The van der Waals surface area contributed by atoms with Crippen LogP contribution in [0.3, 0.4) is 0 Å². The molecule has 2 nitrogen and oxygen atoms in total. The molecule has 0 fully saturated rings. The molecule has 0 bridgehead atoms. The molecule has 0 saturated carbocycles. The summed E-state index contributed by atoms with van der Waals surface area (Å²) in [6.45, 7) is 7.06. The number of hydrogen-bond acceptors (Lipinski definition) is 2. The van der Waals surface area contributed by atoms with Crippen LogP contribution in [0.5, 0.6) is 0 Å². The first kappa shape index (κ1) is 9.92. The zero-order chi connectivity index (χ0) is 8.41. The highest BCUT2D eigenvalue weighted by atomic mass is 16.4. The van der Waals surface area contributed by atoms with Crippen LogP contribution < -0.4 is 0 Å². The molecule has 0 aliphatic heterocycles. The summed E-state index contributed by atoms with van der Waals surface area (Å²) in [4.78, 5) is 0. The highest BCUT2D eigenvalue weighted by molar-refractivity contribution is 4.90. The summed E-state index contributed by atoms with van der Waals surface area (Å²) in [6, 6.07) is 0. The Morgan fingerprint density at radius 3 is 1.20 bits per heavy atom. The van der Waals surface area contributed by atoms with Crippen molar-refractivity contribution in [1.29, 1.82) is 0 Å². The van der Waals surface area contributed by atoms with Crippen molar-refractivity contribution in [3.8, 4) is 0 Å². The third-order valence-electron chi connectivity index (χ3n) is 2.54. The van der Waals surface area contributed by atoms with E-state index in [0.29, 0.717) is 12.8 Å². The van der Waals surface area contributed by atoms with Gasteiger partial charge in [-0.05, 0) is 26.7 Å². The van der Waals surface area contributed by atoms with E-state index in [-0.39, 0.29) is 0 Å². The number of aliphatic hydroxyl groups is 2. The van der Waals surface area contributed by atoms with E-state index in [4.69, 9.17) is 0 Å². The lowest BCUT2D eigenvalue weighted by Gasteiger charge is -2.37. The lowest BCUT2D eigenvalue weighted by atomic mass is 9.82. The van der Waals surface area contributed by atoms with Gasteiger partial charge in [-0.25, -0.2) is 0 Å². The zero-order valence-corrected chi connectivity index (χ0v) is 7.31. The minimum absolute atomic E-state index is 0.577. The third kappa shape index (κ3) is 1.70. The molecule has 2 unspecified atom stereocenters.